The number of aromatic carboxylic acids is 1. The van der Waals surface area contributed by atoms with E-state index in [0.717, 1.165) is 5.56 Å². The first kappa shape index (κ1) is 17.9. The van der Waals surface area contributed by atoms with Crippen molar-refractivity contribution in [2.45, 2.75) is 6.92 Å². The van der Waals surface area contributed by atoms with E-state index in [2.05, 4.69) is 20.6 Å². The zero-order valence-corrected chi connectivity index (χ0v) is 14.4. The Labute approximate surface area is 155 Å². The average Bonchev–Trinajstić information content (AvgIpc) is 2.62. The van der Waals surface area contributed by atoms with E-state index in [1.807, 2.05) is 12.1 Å². The van der Waals surface area contributed by atoms with E-state index in [1.165, 1.54) is 19.1 Å². The average molecular weight is 363 g/mol. The maximum atomic E-state index is 11.1. The molecule has 0 bridgehead atoms. The first-order chi connectivity index (χ1) is 12.9. The third kappa shape index (κ3) is 4.37. The number of benzene rings is 2. The van der Waals surface area contributed by atoms with Gasteiger partial charge in [0.05, 0.1) is 11.3 Å². The standard InChI is InChI=1S/C19H17N5O3/c1-11(25)22-13-4-2-12(3-5-13)17-8-9-21-19(24-17)23-14-6-7-15(18(26)27)16(20)10-14/h2-10H,20H2,1H3,(H,22,25)(H,26,27)(H,21,23,24). The highest BCUT2D eigenvalue weighted by Crippen LogP contribution is 2.23. The molecule has 0 atom stereocenters. The summed E-state index contributed by atoms with van der Waals surface area (Å²) >= 11 is 0. The smallest absolute Gasteiger partial charge is 0.337 e. The van der Waals surface area contributed by atoms with E-state index in [0.29, 0.717) is 23.0 Å². The van der Waals surface area contributed by atoms with Gasteiger partial charge in [0.25, 0.3) is 0 Å². The molecule has 0 unspecified atom stereocenters. The van der Waals surface area contributed by atoms with Gasteiger partial charge in [-0.2, -0.15) is 0 Å². The number of carbonyl (C=O) groups excluding carboxylic acids is 1. The van der Waals surface area contributed by atoms with Crippen molar-refractivity contribution in [1.82, 2.24) is 9.97 Å². The molecule has 2 aromatic carbocycles. The van der Waals surface area contributed by atoms with Gasteiger partial charge in [0, 0.05) is 35.7 Å². The first-order valence-electron chi connectivity index (χ1n) is 8.03. The van der Waals surface area contributed by atoms with Crippen LogP contribution in [-0.4, -0.2) is 27.0 Å². The molecule has 3 aromatic rings. The van der Waals surface area contributed by atoms with Gasteiger partial charge in [0.2, 0.25) is 11.9 Å². The Balaban J connectivity index is 1.80. The molecule has 0 fully saturated rings. The van der Waals surface area contributed by atoms with Gasteiger partial charge in [0.15, 0.2) is 0 Å². The fraction of sp³-hybridized carbons (Fsp3) is 0.0526. The minimum atomic E-state index is -1.08. The third-order valence-electron chi connectivity index (χ3n) is 3.69. The summed E-state index contributed by atoms with van der Waals surface area (Å²) in [6, 6.07) is 13.6. The zero-order chi connectivity index (χ0) is 19.4. The van der Waals surface area contributed by atoms with Crippen LogP contribution in [0, 0.1) is 0 Å². The summed E-state index contributed by atoms with van der Waals surface area (Å²) in [4.78, 5) is 30.7. The molecule has 0 radical (unpaired) electrons. The summed E-state index contributed by atoms with van der Waals surface area (Å²) < 4.78 is 0. The maximum absolute atomic E-state index is 11.1. The highest BCUT2D eigenvalue weighted by molar-refractivity contribution is 5.94. The first-order valence-corrected chi connectivity index (χ1v) is 8.03. The monoisotopic (exact) mass is 363 g/mol. The van der Waals surface area contributed by atoms with E-state index < -0.39 is 5.97 Å². The highest BCUT2D eigenvalue weighted by atomic mass is 16.4. The highest BCUT2D eigenvalue weighted by Gasteiger charge is 2.09. The van der Waals surface area contributed by atoms with Crippen LogP contribution in [0.25, 0.3) is 11.3 Å². The number of hydrogen-bond donors (Lipinski definition) is 4. The van der Waals surface area contributed by atoms with Crippen molar-refractivity contribution in [3.8, 4) is 11.3 Å². The quantitative estimate of drug-likeness (QED) is 0.512. The van der Waals surface area contributed by atoms with Crippen LogP contribution in [0.2, 0.25) is 0 Å². The SMILES string of the molecule is CC(=O)Nc1ccc(-c2ccnc(Nc3ccc(C(=O)O)c(N)c3)n2)cc1. The summed E-state index contributed by atoms with van der Waals surface area (Å²) in [7, 11) is 0. The topological polar surface area (TPSA) is 130 Å². The van der Waals surface area contributed by atoms with E-state index in [4.69, 9.17) is 10.8 Å². The number of anilines is 4. The molecule has 1 aromatic heterocycles. The van der Waals surface area contributed by atoms with Gasteiger partial charge >= 0.3 is 5.97 Å². The molecule has 0 saturated carbocycles. The lowest BCUT2D eigenvalue weighted by Gasteiger charge is -2.09. The molecule has 1 heterocycles. The Hall–Kier alpha value is -3.94. The predicted octanol–water partition coefficient (Wildman–Crippen LogP) is 3.13. The molecule has 0 spiro atoms. The molecule has 3 rings (SSSR count). The summed E-state index contributed by atoms with van der Waals surface area (Å²) in [5.74, 6) is -0.870. The van der Waals surface area contributed by atoms with Crippen LogP contribution < -0.4 is 16.4 Å². The van der Waals surface area contributed by atoms with E-state index in [1.54, 1.807) is 30.5 Å². The van der Waals surface area contributed by atoms with E-state index >= 15 is 0 Å². The molecule has 27 heavy (non-hydrogen) atoms. The number of carbonyl (C=O) groups is 2. The Kier molecular flexibility index (Phi) is 4.98. The normalized spacial score (nSPS) is 10.3. The van der Waals surface area contributed by atoms with Gasteiger partial charge in [-0.1, -0.05) is 12.1 Å². The van der Waals surface area contributed by atoms with Crippen molar-refractivity contribution in [3.05, 3.63) is 60.3 Å². The van der Waals surface area contributed by atoms with Crippen LogP contribution in [0.1, 0.15) is 17.3 Å². The third-order valence-corrected chi connectivity index (χ3v) is 3.69. The van der Waals surface area contributed by atoms with Crippen molar-refractivity contribution >= 4 is 34.9 Å². The minimum Gasteiger partial charge on any atom is -0.478 e. The number of nitrogens with two attached hydrogens (primary N) is 1. The number of aromatic nitrogens is 2. The Morgan fingerprint density at radius 3 is 2.37 bits per heavy atom. The molecule has 136 valence electrons. The summed E-state index contributed by atoms with van der Waals surface area (Å²) in [5, 5.41) is 14.7. The number of hydrogen-bond acceptors (Lipinski definition) is 6. The molecule has 1 amide bonds. The van der Waals surface area contributed by atoms with Crippen molar-refractivity contribution < 1.29 is 14.7 Å². The number of rotatable bonds is 5. The summed E-state index contributed by atoms with van der Waals surface area (Å²) in [5.41, 5.74) is 8.77. The maximum Gasteiger partial charge on any atom is 0.337 e. The molecule has 8 nitrogen and oxygen atoms in total. The molecule has 0 aliphatic heterocycles. The second-order valence-electron chi connectivity index (χ2n) is 5.76. The summed E-state index contributed by atoms with van der Waals surface area (Å²) in [6.07, 6.45) is 1.61. The van der Waals surface area contributed by atoms with Gasteiger partial charge in [-0.05, 0) is 36.4 Å². The fourth-order valence-electron chi connectivity index (χ4n) is 2.47. The number of amides is 1. The second kappa shape index (κ2) is 7.52. The lowest BCUT2D eigenvalue weighted by atomic mass is 10.1. The van der Waals surface area contributed by atoms with E-state index in [-0.39, 0.29) is 17.2 Å². The Bertz CT molecular complexity index is 1000. The van der Waals surface area contributed by atoms with Crippen molar-refractivity contribution in [3.63, 3.8) is 0 Å². The molecule has 0 aliphatic rings. The van der Waals surface area contributed by atoms with Gasteiger partial charge in [0.1, 0.15) is 0 Å². The number of nitrogen functional groups attached to an aromatic ring is 1. The minimum absolute atomic E-state index is 0.0366. The van der Waals surface area contributed by atoms with Crippen LogP contribution in [0.4, 0.5) is 23.0 Å². The predicted molar refractivity (Wildman–Crippen MR) is 103 cm³/mol. The van der Waals surface area contributed by atoms with E-state index in [9.17, 15) is 9.59 Å². The molecule has 0 aliphatic carbocycles. The van der Waals surface area contributed by atoms with Gasteiger partial charge in [-0.15, -0.1) is 0 Å². The van der Waals surface area contributed by atoms with Gasteiger partial charge in [-0.25, -0.2) is 14.8 Å². The molecular formula is C19H17N5O3. The van der Waals surface area contributed by atoms with Crippen LogP contribution in [0.5, 0.6) is 0 Å². The number of nitrogens with zero attached hydrogens (tertiary/aromatic N) is 2. The zero-order valence-electron chi connectivity index (χ0n) is 14.4. The van der Waals surface area contributed by atoms with Crippen LogP contribution >= 0.6 is 0 Å². The molecule has 0 saturated heterocycles. The van der Waals surface area contributed by atoms with Crippen molar-refractivity contribution in [2.75, 3.05) is 16.4 Å². The Morgan fingerprint density at radius 2 is 1.74 bits per heavy atom. The molecule has 5 N–H and O–H groups in total. The second-order valence-corrected chi connectivity index (χ2v) is 5.76. The number of carboxylic acid groups (broad SMARTS) is 1. The lowest BCUT2D eigenvalue weighted by Crippen LogP contribution is -2.05. The van der Waals surface area contributed by atoms with Crippen molar-refractivity contribution in [2.24, 2.45) is 0 Å². The molecule has 8 heteroatoms. The van der Waals surface area contributed by atoms with Gasteiger partial charge in [-0.3, -0.25) is 4.79 Å². The van der Waals surface area contributed by atoms with Crippen molar-refractivity contribution in [1.29, 1.82) is 0 Å². The van der Waals surface area contributed by atoms with Crippen LogP contribution in [0.15, 0.2) is 54.7 Å². The largest absolute Gasteiger partial charge is 0.478 e. The van der Waals surface area contributed by atoms with Crippen LogP contribution in [0.3, 0.4) is 0 Å². The van der Waals surface area contributed by atoms with Gasteiger partial charge < -0.3 is 21.5 Å². The van der Waals surface area contributed by atoms with Crippen LogP contribution in [-0.2, 0) is 4.79 Å². The number of nitrogens with one attached hydrogen (secondary N) is 2. The summed E-state index contributed by atoms with van der Waals surface area (Å²) in [6.45, 7) is 1.45. The molecular weight excluding hydrogens is 346 g/mol. The number of carboxylic acids is 1. The fourth-order valence-corrected chi connectivity index (χ4v) is 2.47. The Morgan fingerprint density at radius 1 is 1.04 bits per heavy atom. The lowest BCUT2D eigenvalue weighted by molar-refractivity contribution is -0.114.